The van der Waals surface area contributed by atoms with Crippen LogP contribution in [0, 0.1) is 0 Å². The second kappa shape index (κ2) is 7.68. The van der Waals surface area contributed by atoms with E-state index in [4.69, 9.17) is 4.42 Å². The highest BCUT2D eigenvalue weighted by Gasteiger charge is 2.18. The third kappa shape index (κ3) is 3.67. The number of anilines is 1. The van der Waals surface area contributed by atoms with Gasteiger partial charge in [0.2, 0.25) is 0 Å². The summed E-state index contributed by atoms with van der Waals surface area (Å²) in [6.45, 7) is 1.57. The number of rotatable bonds is 3. The van der Waals surface area contributed by atoms with Gasteiger partial charge in [-0.2, -0.15) is 0 Å². The minimum atomic E-state index is -0.687. The molecule has 3 aromatic rings. The lowest BCUT2D eigenvalue weighted by molar-refractivity contribution is 0.0724. The molecule has 0 unspecified atom stereocenters. The van der Waals surface area contributed by atoms with Gasteiger partial charge in [0.15, 0.2) is 0 Å². The Kier molecular flexibility index (Phi) is 4.93. The molecule has 1 fully saturated rings. The van der Waals surface area contributed by atoms with Gasteiger partial charge < -0.3 is 14.6 Å². The topological polar surface area (TPSA) is 79.6 Å². The summed E-state index contributed by atoms with van der Waals surface area (Å²) in [7, 11) is 0. The standard InChI is InChI=1S/C22H20N2O4/c25-20(18-14-16-6-2-3-7-19(16)28-22(18)27)23-17-10-8-15(9-11-17)21(26)24-12-4-1-5-13-24/h2-3,6-11,14H,1,4-5,12-13H2,(H,23,25). The number of hydrogen-bond donors (Lipinski definition) is 1. The number of carbonyl (C=O) groups excluding carboxylic acids is 2. The van der Waals surface area contributed by atoms with Gasteiger partial charge in [0.25, 0.3) is 11.8 Å². The number of para-hydroxylation sites is 1. The summed E-state index contributed by atoms with van der Waals surface area (Å²) in [6, 6.07) is 15.2. The van der Waals surface area contributed by atoms with Crippen molar-refractivity contribution in [2.45, 2.75) is 19.3 Å². The second-order valence-corrected chi connectivity index (χ2v) is 6.87. The Morgan fingerprint density at radius 3 is 2.39 bits per heavy atom. The fourth-order valence-electron chi connectivity index (χ4n) is 3.39. The molecule has 2 heterocycles. The van der Waals surface area contributed by atoms with E-state index in [9.17, 15) is 14.4 Å². The first-order chi connectivity index (χ1) is 13.6. The summed E-state index contributed by atoms with van der Waals surface area (Å²) in [5.41, 5.74) is 0.780. The molecule has 0 spiro atoms. The molecular formula is C22H20N2O4. The van der Waals surface area contributed by atoms with Crippen LogP contribution >= 0.6 is 0 Å². The van der Waals surface area contributed by atoms with Crippen LogP contribution in [-0.2, 0) is 0 Å². The maximum Gasteiger partial charge on any atom is 0.349 e. The Morgan fingerprint density at radius 1 is 0.929 bits per heavy atom. The van der Waals surface area contributed by atoms with Crippen LogP contribution in [0.3, 0.4) is 0 Å². The number of nitrogens with zero attached hydrogens (tertiary/aromatic N) is 1. The molecule has 2 aromatic carbocycles. The number of benzene rings is 2. The molecule has 28 heavy (non-hydrogen) atoms. The van der Waals surface area contributed by atoms with E-state index in [2.05, 4.69) is 5.32 Å². The molecular weight excluding hydrogens is 356 g/mol. The van der Waals surface area contributed by atoms with E-state index in [1.54, 1.807) is 42.5 Å². The van der Waals surface area contributed by atoms with Crippen LogP contribution in [-0.4, -0.2) is 29.8 Å². The van der Waals surface area contributed by atoms with Gasteiger partial charge in [0, 0.05) is 29.7 Å². The van der Waals surface area contributed by atoms with Crippen LogP contribution < -0.4 is 10.9 Å². The molecule has 1 saturated heterocycles. The van der Waals surface area contributed by atoms with E-state index >= 15 is 0 Å². The number of likely N-dealkylation sites (tertiary alicyclic amines) is 1. The maximum absolute atomic E-state index is 12.5. The Labute approximate surface area is 161 Å². The number of carbonyl (C=O) groups is 2. The molecule has 1 aliphatic heterocycles. The molecule has 1 N–H and O–H groups in total. The number of amides is 2. The minimum Gasteiger partial charge on any atom is -0.422 e. The number of hydrogen-bond acceptors (Lipinski definition) is 4. The van der Waals surface area contributed by atoms with Crippen LogP contribution in [0.15, 0.2) is 63.8 Å². The number of fused-ring (bicyclic) bond motifs is 1. The zero-order valence-corrected chi connectivity index (χ0v) is 15.3. The van der Waals surface area contributed by atoms with Gasteiger partial charge in [-0.1, -0.05) is 18.2 Å². The summed E-state index contributed by atoms with van der Waals surface area (Å²) in [4.78, 5) is 39.0. The molecule has 4 rings (SSSR count). The first kappa shape index (κ1) is 18.0. The van der Waals surface area contributed by atoms with Gasteiger partial charge >= 0.3 is 5.63 Å². The summed E-state index contributed by atoms with van der Waals surface area (Å²) in [6.07, 6.45) is 3.24. The smallest absolute Gasteiger partial charge is 0.349 e. The SMILES string of the molecule is O=C(Nc1ccc(C(=O)N2CCCCC2)cc1)c1cc2ccccc2oc1=O. The summed E-state index contributed by atoms with van der Waals surface area (Å²) in [5.74, 6) is -0.539. The van der Waals surface area contributed by atoms with Crippen LogP contribution in [0.25, 0.3) is 11.0 Å². The molecule has 6 nitrogen and oxygen atoms in total. The Morgan fingerprint density at radius 2 is 1.64 bits per heavy atom. The molecule has 0 atom stereocenters. The van der Waals surface area contributed by atoms with E-state index in [0.717, 1.165) is 32.4 Å². The first-order valence-corrected chi connectivity index (χ1v) is 9.35. The zero-order valence-electron chi connectivity index (χ0n) is 15.3. The molecule has 0 radical (unpaired) electrons. The van der Waals surface area contributed by atoms with Crippen molar-refractivity contribution in [2.24, 2.45) is 0 Å². The molecule has 0 saturated carbocycles. The fraction of sp³-hybridized carbons (Fsp3) is 0.227. The quantitative estimate of drug-likeness (QED) is 0.708. The average Bonchev–Trinajstić information content (AvgIpc) is 2.74. The summed E-state index contributed by atoms with van der Waals surface area (Å²) < 4.78 is 5.20. The minimum absolute atomic E-state index is 0.00718. The first-order valence-electron chi connectivity index (χ1n) is 9.35. The summed E-state index contributed by atoms with van der Waals surface area (Å²) in [5, 5.41) is 3.36. The highest BCUT2D eigenvalue weighted by atomic mass is 16.4. The van der Waals surface area contributed by atoms with Gasteiger partial charge in [-0.25, -0.2) is 4.79 Å². The van der Waals surface area contributed by atoms with Crippen molar-refractivity contribution < 1.29 is 14.0 Å². The second-order valence-electron chi connectivity index (χ2n) is 6.87. The van der Waals surface area contributed by atoms with Crippen LogP contribution in [0.2, 0.25) is 0 Å². The van der Waals surface area contributed by atoms with Gasteiger partial charge in [0.05, 0.1) is 0 Å². The normalized spacial score (nSPS) is 14.1. The van der Waals surface area contributed by atoms with E-state index in [1.807, 2.05) is 11.0 Å². The molecule has 142 valence electrons. The lowest BCUT2D eigenvalue weighted by atomic mass is 10.1. The third-order valence-electron chi connectivity index (χ3n) is 4.92. The number of piperidine rings is 1. The highest BCUT2D eigenvalue weighted by molar-refractivity contribution is 6.05. The van der Waals surface area contributed by atoms with Gasteiger partial charge in [0.1, 0.15) is 11.1 Å². The highest BCUT2D eigenvalue weighted by Crippen LogP contribution is 2.17. The maximum atomic E-state index is 12.5. The molecule has 1 aromatic heterocycles. The Hall–Kier alpha value is -3.41. The summed E-state index contributed by atoms with van der Waals surface area (Å²) >= 11 is 0. The van der Waals surface area contributed by atoms with Crippen molar-refractivity contribution in [1.82, 2.24) is 4.90 Å². The predicted octanol–water partition coefficient (Wildman–Crippen LogP) is 3.67. The van der Waals surface area contributed by atoms with Crippen molar-refractivity contribution in [3.63, 3.8) is 0 Å². The largest absolute Gasteiger partial charge is 0.422 e. The van der Waals surface area contributed by atoms with Gasteiger partial charge in [-0.3, -0.25) is 9.59 Å². The average molecular weight is 376 g/mol. The van der Waals surface area contributed by atoms with E-state index in [0.29, 0.717) is 22.2 Å². The lowest BCUT2D eigenvalue weighted by Gasteiger charge is -2.26. The van der Waals surface area contributed by atoms with E-state index in [1.165, 1.54) is 6.07 Å². The Balaban J connectivity index is 1.50. The predicted molar refractivity (Wildman–Crippen MR) is 107 cm³/mol. The zero-order chi connectivity index (χ0) is 19.5. The van der Waals surface area contributed by atoms with Crippen LogP contribution in [0.4, 0.5) is 5.69 Å². The van der Waals surface area contributed by atoms with E-state index < -0.39 is 11.5 Å². The molecule has 2 amide bonds. The van der Waals surface area contributed by atoms with Crippen molar-refractivity contribution in [3.8, 4) is 0 Å². The third-order valence-corrected chi connectivity index (χ3v) is 4.92. The van der Waals surface area contributed by atoms with Crippen molar-refractivity contribution >= 4 is 28.5 Å². The monoisotopic (exact) mass is 376 g/mol. The van der Waals surface area contributed by atoms with Gasteiger partial charge in [-0.15, -0.1) is 0 Å². The van der Waals surface area contributed by atoms with Crippen LogP contribution in [0.5, 0.6) is 0 Å². The number of nitrogens with one attached hydrogen (secondary N) is 1. The molecule has 6 heteroatoms. The van der Waals surface area contributed by atoms with Crippen molar-refractivity contribution in [2.75, 3.05) is 18.4 Å². The van der Waals surface area contributed by atoms with Gasteiger partial charge in [-0.05, 0) is 55.7 Å². The Bertz CT molecular complexity index is 1080. The fourth-order valence-corrected chi connectivity index (χ4v) is 3.39. The van der Waals surface area contributed by atoms with Crippen molar-refractivity contribution in [1.29, 1.82) is 0 Å². The molecule has 0 aliphatic carbocycles. The molecule has 0 bridgehead atoms. The lowest BCUT2D eigenvalue weighted by Crippen LogP contribution is -2.35. The van der Waals surface area contributed by atoms with E-state index in [-0.39, 0.29) is 11.5 Å². The van der Waals surface area contributed by atoms with Crippen molar-refractivity contribution in [3.05, 3.63) is 76.1 Å². The van der Waals surface area contributed by atoms with Crippen LogP contribution in [0.1, 0.15) is 40.0 Å². The molecule has 1 aliphatic rings.